The second-order valence-corrected chi connectivity index (χ2v) is 8.06. The molecule has 1 unspecified atom stereocenters. The number of sulfone groups is 1. The summed E-state index contributed by atoms with van der Waals surface area (Å²) < 4.78 is 37.1. The molecule has 0 radical (unpaired) electrons. The third-order valence-corrected chi connectivity index (χ3v) is 6.32. The van der Waals surface area contributed by atoms with Gasteiger partial charge in [-0.05, 0) is 30.4 Å². The number of hydrogen-bond donors (Lipinski definition) is 1. The fourth-order valence-corrected chi connectivity index (χ4v) is 5.25. The first-order valence-electron chi connectivity index (χ1n) is 6.65. The molecule has 0 saturated carbocycles. The molecule has 1 atom stereocenters. The van der Waals surface area contributed by atoms with Gasteiger partial charge in [0, 0.05) is 18.5 Å². The van der Waals surface area contributed by atoms with Gasteiger partial charge in [0.25, 0.3) is 0 Å². The molecule has 5 heteroatoms. The van der Waals surface area contributed by atoms with Crippen LogP contribution in [0.3, 0.4) is 0 Å². The highest BCUT2D eigenvalue weighted by atomic mass is 32.2. The lowest BCUT2D eigenvalue weighted by molar-refractivity contribution is 0.0913. The third kappa shape index (κ3) is 2.41. The van der Waals surface area contributed by atoms with Gasteiger partial charge in [-0.1, -0.05) is 18.2 Å². The van der Waals surface area contributed by atoms with Crippen molar-refractivity contribution in [1.82, 2.24) is 5.32 Å². The summed E-state index contributed by atoms with van der Waals surface area (Å²) in [6, 6.07) is 6.80. The predicted octanol–water partition coefficient (Wildman–Crippen LogP) is 1.39. The average molecular weight is 283 g/mol. The van der Waals surface area contributed by atoms with Crippen molar-refractivity contribution in [1.29, 1.82) is 0 Å². The average Bonchev–Trinajstić information content (AvgIpc) is 2.67. The quantitative estimate of drug-likeness (QED) is 0.912. The van der Waals surface area contributed by atoms with Crippen molar-refractivity contribution in [3.8, 4) is 0 Å². The van der Waals surface area contributed by atoms with E-state index in [1.165, 1.54) is 6.07 Å². The van der Waals surface area contributed by atoms with E-state index in [2.05, 4.69) is 5.32 Å². The van der Waals surface area contributed by atoms with Gasteiger partial charge in [-0.15, -0.1) is 0 Å². The first-order valence-corrected chi connectivity index (χ1v) is 8.47. The number of halogens is 1. The van der Waals surface area contributed by atoms with Crippen LogP contribution < -0.4 is 5.32 Å². The Labute approximate surface area is 113 Å². The normalized spacial score (nSPS) is 27.9. The zero-order valence-electron chi connectivity index (χ0n) is 10.7. The summed E-state index contributed by atoms with van der Waals surface area (Å²) in [5.41, 5.74) is 0.625. The van der Waals surface area contributed by atoms with Crippen LogP contribution in [0.4, 0.5) is 4.39 Å². The lowest BCUT2D eigenvalue weighted by Gasteiger charge is -2.47. The Hall–Kier alpha value is -0.940. The summed E-state index contributed by atoms with van der Waals surface area (Å²) in [5.74, 6) is 0.535. The Kier molecular flexibility index (Phi) is 3.14. The highest BCUT2D eigenvalue weighted by Crippen LogP contribution is 2.42. The minimum atomic E-state index is -2.88. The second-order valence-electron chi connectivity index (χ2n) is 5.83. The first-order chi connectivity index (χ1) is 9.01. The van der Waals surface area contributed by atoms with Crippen molar-refractivity contribution in [2.24, 2.45) is 11.3 Å². The molecular formula is C14H18FNO2S. The van der Waals surface area contributed by atoms with E-state index in [4.69, 9.17) is 0 Å². The Morgan fingerprint density at radius 2 is 2.05 bits per heavy atom. The highest BCUT2D eigenvalue weighted by molar-refractivity contribution is 7.91. The van der Waals surface area contributed by atoms with Gasteiger partial charge in [0.2, 0.25) is 0 Å². The summed E-state index contributed by atoms with van der Waals surface area (Å²) in [5, 5.41) is 3.23. The molecule has 1 aromatic rings. The number of nitrogens with one attached hydrogen (secondary N) is 1. The van der Waals surface area contributed by atoms with E-state index >= 15 is 0 Å². The fraction of sp³-hybridized carbons (Fsp3) is 0.571. The third-order valence-electron chi connectivity index (χ3n) is 4.55. The molecule has 0 bridgehead atoms. The van der Waals surface area contributed by atoms with E-state index in [0.717, 1.165) is 19.5 Å². The molecule has 2 saturated heterocycles. The number of rotatable bonds is 3. The van der Waals surface area contributed by atoms with E-state index in [1.54, 1.807) is 12.1 Å². The maximum Gasteiger partial charge on any atom is 0.150 e. The van der Waals surface area contributed by atoms with Crippen LogP contribution in [0.25, 0.3) is 0 Å². The van der Waals surface area contributed by atoms with Crippen LogP contribution >= 0.6 is 0 Å². The van der Waals surface area contributed by atoms with Crippen LogP contribution in [0.15, 0.2) is 24.3 Å². The molecule has 2 heterocycles. The SMILES string of the molecule is O=S1(=O)CCC(C2(Cc3ccccc3F)CNC2)C1. The maximum absolute atomic E-state index is 13.8. The summed E-state index contributed by atoms with van der Waals surface area (Å²) in [4.78, 5) is 0. The molecule has 2 fully saturated rings. The molecule has 0 spiro atoms. The molecule has 104 valence electrons. The second kappa shape index (κ2) is 4.56. The summed E-state index contributed by atoms with van der Waals surface area (Å²) in [7, 11) is -2.88. The molecule has 0 aliphatic carbocycles. The van der Waals surface area contributed by atoms with Crippen molar-refractivity contribution >= 4 is 9.84 Å². The van der Waals surface area contributed by atoms with E-state index in [0.29, 0.717) is 12.0 Å². The largest absolute Gasteiger partial charge is 0.315 e. The molecule has 19 heavy (non-hydrogen) atoms. The number of hydrogen-bond acceptors (Lipinski definition) is 3. The lowest BCUT2D eigenvalue weighted by Crippen LogP contribution is -2.59. The van der Waals surface area contributed by atoms with E-state index in [-0.39, 0.29) is 28.7 Å². The van der Waals surface area contributed by atoms with Crippen molar-refractivity contribution < 1.29 is 12.8 Å². The molecule has 1 N–H and O–H groups in total. The van der Waals surface area contributed by atoms with Gasteiger partial charge in [0.05, 0.1) is 11.5 Å². The van der Waals surface area contributed by atoms with Crippen LogP contribution in [0.1, 0.15) is 12.0 Å². The molecule has 2 aliphatic heterocycles. The minimum absolute atomic E-state index is 0.0776. The maximum atomic E-state index is 13.8. The zero-order valence-corrected chi connectivity index (χ0v) is 11.5. The van der Waals surface area contributed by atoms with Gasteiger partial charge in [-0.3, -0.25) is 0 Å². The monoisotopic (exact) mass is 283 g/mol. The fourth-order valence-electron chi connectivity index (χ4n) is 3.30. The molecule has 1 aromatic carbocycles. The zero-order chi connectivity index (χ0) is 13.5. The Bertz CT molecular complexity index is 581. The van der Waals surface area contributed by atoms with Crippen molar-refractivity contribution in [3.63, 3.8) is 0 Å². The molecule has 0 amide bonds. The highest BCUT2D eigenvalue weighted by Gasteiger charge is 2.48. The summed E-state index contributed by atoms with van der Waals surface area (Å²) in [6.07, 6.45) is 1.35. The van der Waals surface area contributed by atoms with Crippen LogP contribution in [0.2, 0.25) is 0 Å². The van der Waals surface area contributed by atoms with E-state index < -0.39 is 9.84 Å². The molecule has 3 rings (SSSR count). The van der Waals surface area contributed by atoms with Crippen LogP contribution in [0, 0.1) is 17.2 Å². The molecular weight excluding hydrogens is 265 g/mol. The van der Waals surface area contributed by atoms with Gasteiger partial charge in [0.15, 0.2) is 9.84 Å². The minimum Gasteiger partial charge on any atom is -0.315 e. The molecule has 0 aromatic heterocycles. The van der Waals surface area contributed by atoms with E-state index in [1.807, 2.05) is 6.07 Å². The van der Waals surface area contributed by atoms with Crippen LogP contribution in [0.5, 0.6) is 0 Å². The predicted molar refractivity (Wildman–Crippen MR) is 72.2 cm³/mol. The topological polar surface area (TPSA) is 46.2 Å². The van der Waals surface area contributed by atoms with Gasteiger partial charge < -0.3 is 5.32 Å². The van der Waals surface area contributed by atoms with Gasteiger partial charge in [-0.2, -0.15) is 0 Å². The van der Waals surface area contributed by atoms with E-state index in [9.17, 15) is 12.8 Å². The van der Waals surface area contributed by atoms with Gasteiger partial charge >= 0.3 is 0 Å². The van der Waals surface area contributed by atoms with Gasteiger partial charge in [0.1, 0.15) is 5.82 Å². The smallest absolute Gasteiger partial charge is 0.150 e. The lowest BCUT2D eigenvalue weighted by atomic mass is 9.66. The Morgan fingerprint density at radius 1 is 1.32 bits per heavy atom. The van der Waals surface area contributed by atoms with Crippen LogP contribution in [-0.4, -0.2) is 33.0 Å². The number of benzene rings is 1. The van der Waals surface area contributed by atoms with Gasteiger partial charge in [-0.25, -0.2) is 12.8 Å². The first kappa shape index (κ1) is 13.1. The van der Waals surface area contributed by atoms with Crippen LogP contribution in [-0.2, 0) is 16.3 Å². The molecule has 2 aliphatic rings. The Balaban J connectivity index is 1.83. The summed E-state index contributed by atoms with van der Waals surface area (Å²) >= 11 is 0. The van der Waals surface area contributed by atoms with Crippen molar-refractivity contribution in [2.45, 2.75) is 12.8 Å². The standard InChI is InChI=1S/C14H18FNO2S/c15-13-4-2-1-3-11(13)7-14(9-16-10-14)12-5-6-19(17,18)8-12/h1-4,12,16H,5-10H2. The Morgan fingerprint density at radius 3 is 2.58 bits per heavy atom. The van der Waals surface area contributed by atoms with Crippen molar-refractivity contribution in [2.75, 3.05) is 24.6 Å². The van der Waals surface area contributed by atoms with Crippen molar-refractivity contribution in [3.05, 3.63) is 35.6 Å². The molecule has 3 nitrogen and oxygen atoms in total. The summed E-state index contributed by atoms with van der Waals surface area (Å²) in [6.45, 7) is 1.59.